The molecule has 1 aliphatic heterocycles. The molecule has 1 amide bonds. The third-order valence-electron chi connectivity index (χ3n) is 4.30. The van der Waals surface area contributed by atoms with Crippen molar-refractivity contribution >= 4 is 5.91 Å². The van der Waals surface area contributed by atoms with E-state index < -0.39 is 23.9 Å². The van der Waals surface area contributed by atoms with Crippen molar-refractivity contribution in [1.29, 1.82) is 0 Å². The van der Waals surface area contributed by atoms with Crippen LogP contribution in [-0.2, 0) is 6.18 Å². The van der Waals surface area contributed by atoms with Crippen molar-refractivity contribution in [2.75, 3.05) is 6.54 Å². The van der Waals surface area contributed by atoms with Crippen molar-refractivity contribution in [3.8, 4) is 0 Å². The van der Waals surface area contributed by atoms with E-state index in [2.05, 4.69) is 4.98 Å². The number of hydrogen-bond donors (Lipinski definition) is 1. The molecule has 0 unspecified atom stereocenters. The van der Waals surface area contributed by atoms with E-state index >= 15 is 0 Å². The zero-order valence-corrected chi connectivity index (χ0v) is 13.5. The van der Waals surface area contributed by atoms with Crippen LogP contribution in [0.2, 0.25) is 0 Å². The zero-order chi connectivity index (χ0) is 18.2. The molecule has 0 spiro atoms. The SMILES string of the molecule is Cc1ccc(C(=O)N2C[C@H](O)C[C@H]2c2cccc(C(F)(F)F)c2)cn1. The molecule has 1 fully saturated rings. The topological polar surface area (TPSA) is 53.4 Å². The highest BCUT2D eigenvalue weighted by atomic mass is 19.4. The summed E-state index contributed by atoms with van der Waals surface area (Å²) in [5.74, 6) is -0.355. The number of nitrogens with zero attached hydrogens (tertiary/aromatic N) is 2. The number of likely N-dealkylation sites (tertiary alicyclic amines) is 1. The number of alkyl halides is 3. The van der Waals surface area contributed by atoms with Crippen LogP contribution in [-0.4, -0.2) is 33.5 Å². The fourth-order valence-corrected chi connectivity index (χ4v) is 3.04. The van der Waals surface area contributed by atoms with Gasteiger partial charge < -0.3 is 10.0 Å². The van der Waals surface area contributed by atoms with Crippen LogP contribution < -0.4 is 0 Å². The molecule has 2 heterocycles. The summed E-state index contributed by atoms with van der Waals surface area (Å²) in [5, 5.41) is 9.97. The molecule has 7 heteroatoms. The zero-order valence-electron chi connectivity index (χ0n) is 13.5. The smallest absolute Gasteiger partial charge is 0.391 e. The van der Waals surface area contributed by atoms with Gasteiger partial charge in [0.2, 0.25) is 0 Å². The Labute approximate surface area is 142 Å². The monoisotopic (exact) mass is 350 g/mol. The van der Waals surface area contributed by atoms with Crippen LogP contribution in [0.25, 0.3) is 0 Å². The number of hydrogen-bond acceptors (Lipinski definition) is 3. The molecule has 1 aromatic carbocycles. The third-order valence-corrected chi connectivity index (χ3v) is 4.30. The first kappa shape index (κ1) is 17.4. The minimum atomic E-state index is -4.46. The highest BCUT2D eigenvalue weighted by Gasteiger charge is 2.37. The number of aliphatic hydroxyl groups is 1. The van der Waals surface area contributed by atoms with E-state index in [1.807, 2.05) is 0 Å². The van der Waals surface area contributed by atoms with E-state index in [0.717, 1.165) is 17.8 Å². The largest absolute Gasteiger partial charge is 0.416 e. The van der Waals surface area contributed by atoms with Gasteiger partial charge in [-0.2, -0.15) is 13.2 Å². The van der Waals surface area contributed by atoms with Crippen molar-refractivity contribution in [1.82, 2.24) is 9.88 Å². The number of β-amino-alcohol motifs (C(OH)–C–C–N with tert-alkyl or cyclic N) is 1. The minimum absolute atomic E-state index is 0.0770. The Morgan fingerprint density at radius 3 is 2.68 bits per heavy atom. The van der Waals surface area contributed by atoms with Gasteiger partial charge in [0.15, 0.2) is 0 Å². The van der Waals surface area contributed by atoms with Gasteiger partial charge in [0.1, 0.15) is 0 Å². The molecule has 2 atom stereocenters. The number of aromatic nitrogens is 1. The number of carbonyl (C=O) groups is 1. The Hall–Kier alpha value is -2.41. The van der Waals surface area contributed by atoms with Crippen molar-refractivity contribution in [2.24, 2.45) is 0 Å². The van der Waals surface area contributed by atoms with Crippen LogP contribution in [0.1, 0.15) is 39.6 Å². The van der Waals surface area contributed by atoms with E-state index in [-0.39, 0.29) is 18.9 Å². The van der Waals surface area contributed by atoms with Crippen molar-refractivity contribution in [3.05, 3.63) is 65.0 Å². The molecular formula is C18H17F3N2O2. The first-order valence-corrected chi connectivity index (χ1v) is 7.84. The fraction of sp³-hybridized carbons (Fsp3) is 0.333. The number of benzene rings is 1. The summed E-state index contributed by atoms with van der Waals surface area (Å²) >= 11 is 0. The van der Waals surface area contributed by atoms with E-state index in [0.29, 0.717) is 11.1 Å². The third kappa shape index (κ3) is 3.66. The summed E-state index contributed by atoms with van der Waals surface area (Å²) in [6, 6.07) is 7.61. The first-order chi connectivity index (χ1) is 11.8. The van der Waals surface area contributed by atoms with Gasteiger partial charge in [-0.05, 0) is 43.2 Å². The maximum Gasteiger partial charge on any atom is 0.416 e. The lowest BCUT2D eigenvalue weighted by Crippen LogP contribution is -2.32. The number of aryl methyl sites for hydroxylation is 1. The summed E-state index contributed by atoms with van der Waals surface area (Å²) in [5.41, 5.74) is 0.694. The van der Waals surface area contributed by atoms with Gasteiger partial charge in [0.05, 0.1) is 23.3 Å². The van der Waals surface area contributed by atoms with Crippen LogP contribution in [0.5, 0.6) is 0 Å². The predicted octanol–water partition coefficient (Wildman–Crippen LogP) is 3.36. The summed E-state index contributed by atoms with van der Waals surface area (Å²) in [4.78, 5) is 18.2. The summed E-state index contributed by atoms with van der Waals surface area (Å²) in [7, 11) is 0. The second-order valence-electron chi connectivity index (χ2n) is 6.17. The van der Waals surface area contributed by atoms with Crippen LogP contribution in [0.3, 0.4) is 0 Å². The normalized spacial score (nSPS) is 20.8. The number of rotatable bonds is 2. The molecule has 3 rings (SSSR count). The van der Waals surface area contributed by atoms with Crippen molar-refractivity contribution in [2.45, 2.75) is 31.7 Å². The molecule has 0 radical (unpaired) electrons. The van der Waals surface area contributed by atoms with Gasteiger partial charge in [-0.25, -0.2) is 0 Å². The molecule has 132 valence electrons. The van der Waals surface area contributed by atoms with Crippen LogP contribution in [0, 0.1) is 6.92 Å². The predicted molar refractivity (Wildman–Crippen MR) is 84.8 cm³/mol. The van der Waals surface area contributed by atoms with E-state index in [9.17, 15) is 23.1 Å². The van der Waals surface area contributed by atoms with Gasteiger partial charge in [-0.15, -0.1) is 0 Å². The van der Waals surface area contributed by atoms with Crippen LogP contribution >= 0.6 is 0 Å². The Bertz CT molecular complexity index is 775. The van der Waals surface area contributed by atoms with E-state index in [4.69, 9.17) is 0 Å². The van der Waals surface area contributed by atoms with Crippen molar-refractivity contribution in [3.63, 3.8) is 0 Å². The molecule has 1 aliphatic rings. The molecule has 0 bridgehead atoms. The number of halogens is 3. The average Bonchev–Trinajstić information content (AvgIpc) is 2.96. The highest BCUT2D eigenvalue weighted by molar-refractivity contribution is 5.94. The molecule has 2 aromatic rings. The average molecular weight is 350 g/mol. The lowest BCUT2D eigenvalue weighted by atomic mass is 10.0. The fourth-order valence-electron chi connectivity index (χ4n) is 3.04. The molecule has 1 aromatic heterocycles. The van der Waals surface area contributed by atoms with Gasteiger partial charge in [-0.3, -0.25) is 9.78 Å². The Morgan fingerprint density at radius 2 is 2.04 bits per heavy atom. The minimum Gasteiger partial charge on any atom is -0.391 e. The molecule has 1 saturated heterocycles. The molecule has 4 nitrogen and oxygen atoms in total. The highest BCUT2D eigenvalue weighted by Crippen LogP contribution is 2.36. The lowest BCUT2D eigenvalue weighted by Gasteiger charge is -2.25. The van der Waals surface area contributed by atoms with Crippen LogP contribution in [0.4, 0.5) is 13.2 Å². The number of pyridine rings is 1. The summed E-state index contributed by atoms with van der Waals surface area (Å²) in [6.45, 7) is 1.87. The summed E-state index contributed by atoms with van der Waals surface area (Å²) < 4.78 is 38.9. The molecule has 0 aliphatic carbocycles. The van der Waals surface area contributed by atoms with Gasteiger partial charge in [0.25, 0.3) is 5.91 Å². The Balaban J connectivity index is 1.92. The number of carbonyl (C=O) groups excluding carboxylic acids is 1. The maximum absolute atomic E-state index is 13.0. The molecule has 25 heavy (non-hydrogen) atoms. The maximum atomic E-state index is 13.0. The number of aliphatic hydroxyl groups excluding tert-OH is 1. The van der Waals surface area contributed by atoms with E-state index in [1.54, 1.807) is 25.1 Å². The van der Waals surface area contributed by atoms with Gasteiger partial charge >= 0.3 is 6.18 Å². The van der Waals surface area contributed by atoms with Gasteiger partial charge in [0, 0.05) is 18.4 Å². The Morgan fingerprint density at radius 1 is 1.28 bits per heavy atom. The first-order valence-electron chi connectivity index (χ1n) is 7.84. The van der Waals surface area contributed by atoms with Crippen LogP contribution in [0.15, 0.2) is 42.6 Å². The lowest BCUT2D eigenvalue weighted by molar-refractivity contribution is -0.137. The van der Waals surface area contributed by atoms with Crippen molar-refractivity contribution < 1.29 is 23.1 Å². The molecule has 1 N–H and O–H groups in total. The number of amides is 1. The molecular weight excluding hydrogens is 333 g/mol. The second kappa shape index (κ2) is 6.48. The summed E-state index contributed by atoms with van der Waals surface area (Å²) in [6.07, 6.45) is -3.59. The van der Waals surface area contributed by atoms with E-state index in [1.165, 1.54) is 17.2 Å². The quantitative estimate of drug-likeness (QED) is 0.904. The molecule has 0 saturated carbocycles. The van der Waals surface area contributed by atoms with Gasteiger partial charge in [-0.1, -0.05) is 12.1 Å². The second-order valence-corrected chi connectivity index (χ2v) is 6.17. The standard InChI is InChI=1S/C18H17F3N2O2/c1-11-5-6-13(9-22-11)17(25)23-10-15(24)8-16(23)12-3-2-4-14(7-12)18(19,20)21/h2-7,9,15-16,24H,8,10H2,1H3/t15-,16+/m1/s1. The Kier molecular flexibility index (Phi) is 4.51.